The van der Waals surface area contributed by atoms with Crippen LogP contribution in [0.1, 0.15) is 30.6 Å². The molecule has 2 aliphatic heterocycles. The molecule has 0 amide bonds. The minimum Gasteiger partial charge on any atom is -0.348 e. The number of thiazole rings is 1. The summed E-state index contributed by atoms with van der Waals surface area (Å²) in [6.07, 6.45) is 5.14. The zero-order valence-electron chi connectivity index (χ0n) is 13.0. The standard InChI is InChI=1S/C15H25ClN4S/c1-18(2)12-6-5-7-19(10-12)11-13-14(16)17-15(21-13)20-8-3-4-9-20/h12H,3-11H2,1-2H3. The van der Waals surface area contributed by atoms with Crippen molar-refractivity contribution in [2.75, 3.05) is 45.2 Å². The summed E-state index contributed by atoms with van der Waals surface area (Å²) in [6, 6.07) is 0.670. The average molecular weight is 329 g/mol. The highest BCUT2D eigenvalue weighted by Gasteiger charge is 2.24. The predicted octanol–water partition coefficient (Wildman–Crippen LogP) is 2.92. The molecular formula is C15H25ClN4S. The highest BCUT2D eigenvalue weighted by Crippen LogP contribution is 2.33. The van der Waals surface area contributed by atoms with Crippen molar-refractivity contribution in [1.29, 1.82) is 0 Å². The monoisotopic (exact) mass is 328 g/mol. The van der Waals surface area contributed by atoms with E-state index in [4.69, 9.17) is 11.6 Å². The van der Waals surface area contributed by atoms with Gasteiger partial charge < -0.3 is 9.80 Å². The smallest absolute Gasteiger partial charge is 0.187 e. The maximum atomic E-state index is 6.38. The Morgan fingerprint density at radius 3 is 2.71 bits per heavy atom. The van der Waals surface area contributed by atoms with Crippen molar-refractivity contribution < 1.29 is 0 Å². The first-order valence-corrected chi connectivity index (χ1v) is 9.12. The van der Waals surface area contributed by atoms with E-state index in [2.05, 4.69) is 33.8 Å². The van der Waals surface area contributed by atoms with Crippen LogP contribution in [0, 0.1) is 0 Å². The van der Waals surface area contributed by atoms with Crippen molar-refractivity contribution in [3.8, 4) is 0 Å². The topological polar surface area (TPSA) is 22.6 Å². The zero-order chi connectivity index (χ0) is 14.8. The van der Waals surface area contributed by atoms with E-state index in [0.29, 0.717) is 11.2 Å². The number of nitrogens with zero attached hydrogens (tertiary/aromatic N) is 4. The molecule has 1 unspecified atom stereocenters. The Balaban J connectivity index is 1.64. The Morgan fingerprint density at radius 1 is 1.24 bits per heavy atom. The second kappa shape index (κ2) is 6.82. The van der Waals surface area contributed by atoms with Crippen LogP contribution in [-0.2, 0) is 6.54 Å². The minimum absolute atomic E-state index is 0.670. The molecule has 0 aromatic carbocycles. The summed E-state index contributed by atoms with van der Waals surface area (Å²) in [5, 5.41) is 1.84. The van der Waals surface area contributed by atoms with Crippen LogP contribution >= 0.6 is 22.9 Å². The molecule has 6 heteroatoms. The molecule has 1 atom stereocenters. The molecule has 2 saturated heterocycles. The van der Waals surface area contributed by atoms with Crippen LogP contribution in [0.3, 0.4) is 0 Å². The number of hydrogen-bond donors (Lipinski definition) is 0. The summed E-state index contributed by atoms with van der Waals surface area (Å²) >= 11 is 8.16. The summed E-state index contributed by atoms with van der Waals surface area (Å²) in [4.78, 5) is 13.1. The van der Waals surface area contributed by atoms with Gasteiger partial charge >= 0.3 is 0 Å². The average Bonchev–Trinajstić information content (AvgIpc) is 3.10. The summed E-state index contributed by atoms with van der Waals surface area (Å²) < 4.78 is 0. The highest BCUT2D eigenvalue weighted by atomic mass is 35.5. The van der Waals surface area contributed by atoms with Gasteiger partial charge in [-0.15, -0.1) is 0 Å². The maximum absolute atomic E-state index is 6.38. The van der Waals surface area contributed by atoms with Crippen molar-refractivity contribution in [2.24, 2.45) is 0 Å². The van der Waals surface area contributed by atoms with Crippen molar-refractivity contribution in [3.63, 3.8) is 0 Å². The maximum Gasteiger partial charge on any atom is 0.187 e. The van der Waals surface area contributed by atoms with E-state index in [-0.39, 0.29) is 0 Å². The third-order valence-corrected chi connectivity index (χ3v) is 6.12. The van der Waals surface area contributed by atoms with E-state index in [1.807, 2.05) is 0 Å². The molecule has 0 aliphatic carbocycles. The molecule has 3 rings (SSSR count). The van der Waals surface area contributed by atoms with E-state index in [1.165, 1.54) is 37.1 Å². The van der Waals surface area contributed by atoms with Crippen molar-refractivity contribution in [3.05, 3.63) is 10.0 Å². The summed E-state index contributed by atoms with van der Waals surface area (Å²) in [5.41, 5.74) is 0. The van der Waals surface area contributed by atoms with E-state index in [1.54, 1.807) is 11.3 Å². The lowest BCUT2D eigenvalue weighted by Crippen LogP contribution is -2.44. The molecule has 118 valence electrons. The normalized spacial score (nSPS) is 24.2. The number of likely N-dealkylation sites (tertiary alicyclic amines) is 1. The van der Waals surface area contributed by atoms with E-state index in [0.717, 1.165) is 31.3 Å². The largest absolute Gasteiger partial charge is 0.348 e. The Morgan fingerprint density at radius 2 is 2.00 bits per heavy atom. The lowest BCUT2D eigenvalue weighted by atomic mass is 10.1. The fourth-order valence-electron chi connectivity index (χ4n) is 3.26. The van der Waals surface area contributed by atoms with E-state index >= 15 is 0 Å². The lowest BCUT2D eigenvalue weighted by molar-refractivity contribution is 0.129. The summed E-state index contributed by atoms with van der Waals surface area (Å²) in [6.45, 7) is 5.54. The first-order chi connectivity index (χ1) is 10.1. The van der Waals surface area contributed by atoms with Gasteiger partial charge in [-0.25, -0.2) is 4.98 Å². The van der Waals surface area contributed by atoms with Gasteiger partial charge in [0.1, 0.15) is 5.15 Å². The van der Waals surface area contributed by atoms with E-state index < -0.39 is 0 Å². The minimum atomic E-state index is 0.670. The van der Waals surface area contributed by atoms with Crippen LogP contribution in [0.2, 0.25) is 5.15 Å². The quantitative estimate of drug-likeness (QED) is 0.847. The van der Waals surface area contributed by atoms with Gasteiger partial charge in [0, 0.05) is 32.2 Å². The van der Waals surface area contributed by atoms with E-state index in [9.17, 15) is 0 Å². The second-order valence-corrected chi connectivity index (χ2v) is 7.82. The molecule has 0 bridgehead atoms. The molecule has 2 aliphatic rings. The molecule has 0 saturated carbocycles. The van der Waals surface area contributed by atoms with Gasteiger partial charge in [-0.3, -0.25) is 4.90 Å². The van der Waals surface area contributed by atoms with Crippen LogP contribution in [0.25, 0.3) is 0 Å². The Bertz CT molecular complexity index is 470. The van der Waals surface area contributed by atoms with Crippen molar-refractivity contribution in [1.82, 2.24) is 14.8 Å². The van der Waals surface area contributed by atoms with Gasteiger partial charge in [0.2, 0.25) is 0 Å². The molecule has 4 nitrogen and oxygen atoms in total. The molecule has 2 fully saturated rings. The molecule has 3 heterocycles. The molecule has 21 heavy (non-hydrogen) atoms. The van der Waals surface area contributed by atoms with Gasteiger partial charge in [0.05, 0.1) is 4.88 Å². The number of hydrogen-bond acceptors (Lipinski definition) is 5. The highest BCUT2D eigenvalue weighted by molar-refractivity contribution is 7.16. The molecule has 1 aromatic heterocycles. The van der Waals surface area contributed by atoms with Gasteiger partial charge in [-0.2, -0.15) is 0 Å². The molecule has 0 radical (unpaired) electrons. The van der Waals surface area contributed by atoms with Crippen molar-refractivity contribution in [2.45, 2.75) is 38.3 Å². The fourth-order valence-corrected chi connectivity index (χ4v) is 4.61. The first-order valence-electron chi connectivity index (χ1n) is 7.92. The van der Waals surface area contributed by atoms with Crippen LogP contribution in [0.4, 0.5) is 5.13 Å². The third kappa shape index (κ3) is 3.70. The number of halogens is 1. The molecule has 0 spiro atoms. The van der Waals surface area contributed by atoms with Crippen LogP contribution in [0.15, 0.2) is 0 Å². The van der Waals surface area contributed by atoms with Gasteiger partial charge in [0.15, 0.2) is 5.13 Å². The van der Waals surface area contributed by atoms with Crippen molar-refractivity contribution >= 4 is 28.1 Å². The zero-order valence-corrected chi connectivity index (χ0v) is 14.6. The fraction of sp³-hybridized carbons (Fsp3) is 0.800. The molecule has 0 N–H and O–H groups in total. The number of anilines is 1. The number of rotatable bonds is 4. The molecular weight excluding hydrogens is 304 g/mol. The predicted molar refractivity (Wildman–Crippen MR) is 90.6 cm³/mol. The Labute approximate surface area is 136 Å². The lowest BCUT2D eigenvalue weighted by Gasteiger charge is -2.35. The summed E-state index contributed by atoms with van der Waals surface area (Å²) in [7, 11) is 4.36. The number of likely N-dealkylation sites (N-methyl/N-ethyl adjacent to an activating group) is 1. The van der Waals surface area contributed by atoms with Crippen LogP contribution < -0.4 is 4.90 Å². The SMILES string of the molecule is CN(C)C1CCCN(Cc2sc(N3CCCC3)nc2Cl)C1. The first kappa shape index (κ1) is 15.5. The second-order valence-electron chi connectivity index (χ2n) is 6.40. The van der Waals surface area contributed by atoms with Gasteiger partial charge in [-0.1, -0.05) is 22.9 Å². The number of piperidine rings is 1. The molecule has 1 aromatic rings. The third-order valence-electron chi connectivity index (χ3n) is 4.59. The Hall–Kier alpha value is -0.360. The summed E-state index contributed by atoms with van der Waals surface area (Å²) in [5.74, 6) is 0. The number of aromatic nitrogens is 1. The van der Waals surface area contributed by atoms with Gasteiger partial charge in [-0.05, 0) is 46.3 Å². The Kier molecular flexibility index (Phi) is 5.04. The van der Waals surface area contributed by atoms with Crippen LogP contribution in [-0.4, -0.2) is 61.1 Å². The van der Waals surface area contributed by atoms with Gasteiger partial charge in [0.25, 0.3) is 0 Å². The van der Waals surface area contributed by atoms with Crippen LogP contribution in [0.5, 0.6) is 0 Å².